The molecular formula is C21H20O5. The smallest absolute Gasteiger partial charge is 0.324 e. The lowest BCUT2D eigenvalue weighted by Gasteiger charge is -2.35. The molecule has 2 aromatic rings. The van der Waals surface area contributed by atoms with Crippen LogP contribution in [0, 0.1) is 5.92 Å². The van der Waals surface area contributed by atoms with Gasteiger partial charge in [-0.25, -0.2) is 0 Å². The molecule has 0 aromatic heterocycles. The van der Waals surface area contributed by atoms with Gasteiger partial charge >= 0.3 is 11.9 Å². The number of carbonyl (C=O) groups is 3. The first-order chi connectivity index (χ1) is 12.4. The summed E-state index contributed by atoms with van der Waals surface area (Å²) in [6, 6.07) is 17.8. The average Bonchev–Trinajstić information content (AvgIpc) is 2.60. The van der Waals surface area contributed by atoms with E-state index in [1.807, 2.05) is 12.1 Å². The highest BCUT2D eigenvalue weighted by Crippen LogP contribution is 2.36. The summed E-state index contributed by atoms with van der Waals surface area (Å²) in [4.78, 5) is 37.7. The van der Waals surface area contributed by atoms with Crippen molar-refractivity contribution in [3.63, 3.8) is 0 Å². The number of ketones is 1. The number of hydrogen-bond acceptors (Lipinski definition) is 5. The van der Waals surface area contributed by atoms with Gasteiger partial charge < -0.3 is 9.47 Å². The fourth-order valence-electron chi connectivity index (χ4n) is 3.13. The fourth-order valence-corrected chi connectivity index (χ4v) is 3.13. The topological polar surface area (TPSA) is 69.7 Å². The lowest BCUT2D eigenvalue weighted by atomic mass is 9.81. The largest absolute Gasteiger partial charge is 0.422 e. The third kappa shape index (κ3) is 3.82. The third-order valence-corrected chi connectivity index (χ3v) is 4.33. The quantitative estimate of drug-likeness (QED) is 0.468. The van der Waals surface area contributed by atoms with Crippen molar-refractivity contribution < 1.29 is 23.9 Å². The molecule has 3 rings (SSSR count). The number of ether oxygens (including phenoxy) is 2. The Bertz CT molecular complexity index is 791. The molecule has 1 heterocycles. The molecule has 1 atom stereocenters. The molecule has 0 amide bonds. The maximum absolute atomic E-state index is 12.7. The first-order valence-electron chi connectivity index (χ1n) is 8.46. The SMILES string of the molecule is CC1(C)OC(=O)C(C(CC(=O)c2ccccc2)c2ccccc2)C(=O)O1. The highest BCUT2D eigenvalue weighted by Gasteiger charge is 2.48. The van der Waals surface area contributed by atoms with E-state index in [4.69, 9.17) is 9.47 Å². The van der Waals surface area contributed by atoms with E-state index in [9.17, 15) is 14.4 Å². The van der Waals surface area contributed by atoms with Crippen LogP contribution in [0.5, 0.6) is 0 Å². The summed E-state index contributed by atoms with van der Waals surface area (Å²) < 4.78 is 10.5. The molecule has 2 aromatic carbocycles. The zero-order chi connectivity index (χ0) is 18.7. The van der Waals surface area contributed by atoms with Crippen molar-refractivity contribution >= 4 is 17.7 Å². The van der Waals surface area contributed by atoms with Gasteiger partial charge in [0.15, 0.2) is 11.7 Å². The first-order valence-corrected chi connectivity index (χ1v) is 8.46. The minimum atomic E-state index is -1.30. The molecule has 0 bridgehead atoms. The Kier molecular flexibility index (Phi) is 4.89. The number of rotatable bonds is 5. The van der Waals surface area contributed by atoms with Crippen molar-refractivity contribution in [2.24, 2.45) is 5.92 Å². The highest BCUT2D eigenvalue weighted by molar-refractivity contribution is 6.01. The second kappa shape index (κ2) is 7.12. The van der Waals surface area contributed by atoms with Gasteiger partial charge in [0, 0.05) is 31.7 Å². The molecule has 1 fully saturated rings. The van der Waals surface area contributed by atoms with Crippen LogP contribution in [-0.4, -0.2) is 23.5 Å². The Morgan fingerprint density at radius 3 is 1.96 bits per heavy atom. The summed E-state index contributed by atoms with van der Waals surface area (Å²) in [6.07, 6.45) is 0.00330. The van der Waals surface area contributed by atoms with Crippen molar-refractivity contribution in [3.8, 4) is 0 Å². The van der Waals surface area contributed by atoms with Gasteiger partial charge in [-0.05, 0) is 5.56 Å². The Morgan fingerprint density at radius 1 is 0.923 bits per heavy atom. The number of cyclic esters (lactones) is 2. The zero-order valence-electron chi connectivity index (χ0n) is 14.7. The molecule has 5 nitrogen and oxygen atoms in total. The van der Waals surface area contributed by atoms with Gasteiger partial charge in [0.1, 0.15) is 0 Å². The lowest BCUT2D eigenvalue weighted by Crippen LogP contribution is -2.48. The average molecular weight is 352 g/mol. The molecule has 26 heavy (non-hydrogen) atoms. The van der Waals surface area contributed by atoms with Gasteiger partial charge in [-0.3, -0.25) is 14.4 Å². The standard InChI is InChI=1S/C21H20O5/c1-21(2)25-19(23)18(20(24)26-21)16(14-9-5-3-6-10-14)13-17(22)15-11-7-4-8-12-15/h3-12,16,18H,13H2,1-2H3. The highest BCUT2D eigenvalue weighted by atomic mass is 16.7. The zero-order valence-corrected chi connectivity index (χ0v) is 14.7. The van der Waals surface area contributed by atoms with Gasteiger partial charge in [0.2, 0.25) is 0 Å². The first kappa shape index (κ1) is 17.9. The molecule has 1 aliphatic heterocycles. The molecule has 0 N–H and O–H groups in total. The van der Waals surface area contributed by atoms with Gasteiger partial charge in [0.25, 0.3) is 5.79 Å². The maximum Gasteiger partial charge on any atom is 0.324 e. The second-order valence-electron chi connectivity index (χ2n) is 6.73. The van der Waals surface area contributed by atoms with Gasteiger partial charge in [-0.15, -0.1) is 0 Å². The van der Waals surface area contributed by atoms with E-state index in [2.05, 4.69) is 0 Å². The van der Waals surface area contributed by atoms with Crippen LogP contribution in [-0.2, 0) is 19.1 Å². The van der Waals surface area contributed by atoms with E-state index in [-0.39, 0.29) is 12.2 Å². The van der Waals surface area contributed by atoms with E-state index >= 15 is 0 Å². The van der Waals surface area contributed by atoms with Crippen LogP contribution >= 0.6 is 0 Å². The monoisotopic (exact) mass is 352 g/mol. The maximum atomic E-state index is 12.7. The summed E-state index contributed by atoms with van der Waals surface area (Å²) in [5.74, 6) is -4.60. The number of carbonyl (C=O) groups excluding carboxylic acids is 3. The minimum absolute atomic E-state index is 0.00330. The summed E-state index contributed by atoms with van der Waals surface area (Å²) in [5.41, 5.74) is 1.25. The molecule has 0 aliphatic carbocycles. The minimum Gasteiger partial charge on any atom is -0.422 e. The molecule has 1 aliphatic rings. The Labute approximate surface area is 151 Å². The summed E-state index contributed by atoms with van der Waals surface area (Å²) in [5, 5.41) is 0. The normalized spacial score (nSPS) is 17.9. The molecular weight excluding hydrogens is 332 g/mol. The van der Waals surface area contributed by atoms with E-state index in [0.29, 0.717) is 5.56 Å². The van der Waals surface area contributed by atoms with E-state index < -0.39 is 29.6 Å². The van der Waals surface area contributed by atoms with E-state index in [1.54, 1.807) is 48.5 Å². The van der Waals surface area contributed by atoms with Crippen molar-refractivity contribution in [2.45, 2.75) is 32.0 Å². The summed E-state index contributed by atoms with van der Waals surface area (Å²) in [6.45, 7) is 3.01. The van der Waals surface area contributed by atoms with E-state index in [0.717, 1.165) is 5.56 Å². The molecule has 1 unspecified atom stereocenters. The molecule has 5 heteroatoms. The van der Waals surface area contributed by atoms with Crippen LogP contribution in [0.2, 0.25) is 0 Å². The van der Waals surface area contributed by atoms with Crippen molar-refractivity contribution in [1.29, 1.82) is 0 Å². The van der Waals surface area contributed by atoms with Crippen LogP contribution in [0.1, 0.15) is 42.1 Å². The van der Waals surface area contributed by atoms with E-state index in [1.165, 1.54) is 13.8 Å². The van der Waals surface area contributed by atoms with Crippen LogP contribution in [0.15, 0.2) is 60.7 Å². The molecule has 0 radical (unpaired) electrons. The van der Waals surface area contributed by atoms with Gasteiger partial charge in [-0.2, -0.15) is 0 Å². The Morgan fingerprint density at radius 2 is 1.42 bits per heavy atom. The predicted octanol–water partition coefficient (Wildman–Crippen LogP) is 3.50. The fraction of sp³-hybridized carbons (Fsp3) is 0.286. The van der Waals surface area contributed by atoms with Crippen LogP contribution in [0.4, 0.5) is 0 Å². The molecule has 134 valence electrons. The second-order valence-corrected chi connectivity index (χ2v) is 6.73. The van der Waals surface area contributed by atoms with Crippen LogP contribution < -0.4 is 0 Å². The van der Waals surface area contributed by atoms with Crippen LogP contribution in [0.3, 0.4) is 0 Å². The number of hydrogen-bond donors (Lipinski definition) is 0. The number of benzene rings is 2. The van der Waals surface area contributed by atoms with Crippen molar-refractivity contribution in [1.82, 2.24) is 0 Å². The Hall–Kier alpha value is -2.95. The van der Waals surface area contributed by atoms with Gasteiger partial charge in [-0.1, -0.05) is 60.7 Å². The number of Topliss-reactive ketones (excluding diaryl/α,β-unsaturated/α-hetero) is 1. The lowest BCUT2D eigenvalue weighted by molar-refractivity contribution is -0.241. The van der Waals surface area contributed by atoms with Crippen LogP contribution in [0.25, 0.3) is 0 Å². The predicted molar refractivity (Wildman–Crippen MR) is 94.3 cm³/mol. The van der Waals surface area contributed by atoms with Crippen molar-refractivity contribution in [2.75, 3.05) is 0 Å². The summed E-state index contributed by atoms with van der Waals surface area (Å²) >= 11 is 0. The number of esters is 2. The summed E-state index contributed by atoms with van der Waals surface area (Å²) in [7, 11) is 0. The molecule has 1 saturated heterocycles. The van der Waals surface area contributed by atoms with Crippen molar-refractivity contribution in [3.05, 3.63) is 71.8 Å². The Balaban J connectivity index is 1.93. The third-order valence-electron chi connectivity index (χ3n) is 4.33. The van der Waals surface area contributed by atoms with Gasteiger partial charge in [0.05, 0.1) is 0 Å². The molecule has 0 saturated carbocycles. The molecule has 0 spiro atoms.